The normalized spacial score (nSPS) is 10.8. The van der Waals surface area contributed by atoms with Crippen LogP contribution in [-0.4, -0.2) is 21.5 Å². The summed E-state index contributed by atoms with van der Waals surface area (Å²) in [5.74, 6) is -0.377. The first-order chi connectivity index (χ1) is 8.70. The molecular weight excluding hydrogens is 255 g/mol. The second kappa shape index (κ2) is 5.93. The topological polar surface area (TPSA) is 56.7 Å². The van der Waals surface area contributed by atoms with Crippen LogP contribution in [-0.2, 0) is 6.42 Å². The average Bonchev–Trinajstić information content (AvgIpc) is 2.81. The molecule has 4 nitrogen and oxygen atoms in total. The van der Waals surface area contributed by atoms with Gasteiger partial charge in [-0.05, 0) is 44.0 Å². The van der Waals surface area contributed by atoms with Crippen LogP contribution in [0, 0.1) is 5.82 Å². The van der Waals surface area contributed by atoms with Crippen LogP contribution in [0.3, 0.4) is 0 Å². The highest BCUT2D eigenvalue weighted by molar-refractivity contribution is 6.30. The summed E-state index contributed by atoms with van der Waals surface area (Å²) in [7, 11) is 0. The van der Waals surface area contributed by atoms with Crippen LogP contribution in [0.5, 0.6) is 0 Å². The van der Waals surface area contributed by atoms with Gasteiger partial charge in [-0.25, -0.2) is 9.07 Å². The van der Waals surface area contributed by atoms with Crippen LogP contribution in [0.2, 0.25) is 5.02 Å². The molecule has 0 saturated carbocycles. The van der Waals surface area contributed by atoms with Gasteiger partial charge in [-0.3, -0.25) is 0 Å². The van der Waals surface area contributed by atoms with Crippen LogP contribution in [0.4, 0.5) is 4.39 Å². The molecule has 0 radical (unpaired) electrons. The summed E-state index contributed by atoms with van der Waals surface area (Å²) < 4.78 is 15.0. The van der Waals surface area contributed by atoms with E-state index in [1.807, 2.05) is 0 Å². The van der Waals surface area contributed by atoms with Gasteiger partial charge in [-0.2, -0.15) is 0 Å². The van der Waals surface area contributed by atoms with Crippen LogP contribution >= 0.6 is 11.6 Å². The Morgan fingerprint density at radius 3 is 2.94 bits per heavy atom. The molecule has 0 fully saturated rings. The minimum absolute atomic E-state index is 0.306. The Morgan fingerprint density at radius 2 is 2.17 bits per heavy atom. The van der Waals surface area contributed by atoms with Crippen molar-refractivity contribution < 1.29 is 4.39 Å². The fourth-order valence-corrected chi connectivity index (χ4v) is 1.81. The number of nitrogens with zero attached hydrogens (tertiary/aromatic N) is 3. The molecule has 6 heteroatoms. The van der Waals surface area contributed by atoms with Gasteiger partial charge < -0.3 is 5.73 Å². The lowest BCUT2D eigenvalue weighted by atomic mass is 10.2. The maximum atomic E-state index is 13.6. The van der Waals surface area contributed by atoms with Gasteiger partial charge in [0.2, 0.25) is 0 Å². The third kappa shape index (κ3) is 3.05. The molecule has 0 aliphatic rings. The van der Waals surface area contributed by atoms with E-state index in [2.05, 4.69) is 10.3 Å². The molecular formula is C12H14ClFN4. The van der Waals surface area contributed by atoms with Gasteiger partial charge in [0.05, 0.1) is 11.9 Å². The van der Waals surface area contributed by atoms with Gasteiger partial charge >= 0.3 is 0 Å². The van der Waals surface area contributed by atoms with Crippen LogP contribution in [0.1, 0.15) is 18.5 Å². The summed E-state index contributed by atoms with van der Waals surface area (Å²) in [5, 5.41) is 8.37. The van der Waals surface area contributed by atoms with Crippen molar-refractivity contribution in [2.45, 2.75) is 19.3 Å². The lowest BCUT2D eigenvalue weighted by Gasteiger charge is -2.01. The Kier molecular flexibility index (Phi) is 4.28. The second-order valence-corrected chi connectivity index (χ2v) is 4.43. The van der Waals surface area contributed by atoms with E-state index >= 15 is 0 Å². The molecule has 1 heterocycles. The molecule has 2 rings (SSSR count). The number of unbranched alkanes of at least 4 members (excludes halogenated alkanes) is 1. The Balaban J connectivity index is 2.16. The van der Waals surface area contributed by atoms with Crippen LogP contribution in [0.15, 0.2) is 24.4 Å². The Labute approximate surface area is 110 Å². The summed E-state index contributed by atoms with van der Waals surface area (Å²) in [5.41, 5.74) is 6.55. The molecule has 0 bridgehead atoms. The lowest BCUT2D eigenvalue weighted by Crippen LogP contribution is -1.99. The quantitative estimate of drug-likeness (QED) is 0.847. The van der Waals surface area contributed by atoms with Crippen molar-refractivity contribution in [1.82, 2.24) is 15.0 Å². The Morgan fingerprint density at radius 1 is 1.33 bits per heavy atom. The molecule has 0 saturated heterocycles. The summed E-state index contributed by atoms with van der Waals surface area (Å²) in [4.78, 5) is 0. The van der Waals surface area contributed by atoms with E-state index in [1.165, 1.54) is 22.9 Å². The summed E-state index contributed by atoms with van der Waals surface area (Å²) in [6.07, 6.45) is 4.40. The monoisotopic (exact) mass is 268 g/mol. The largest absolute Gasteiger partial charge is 0.330 e. The number of aromatic nitrogens is 3. The highest BCUT2D eigenvalue weighted by Crippen LogP contribution is 2.18. The van der Waals surface area contributed by atoms with Crippen molar-refractivity contribution >= 4 is 11.6 Å². The van der Waals surface area contributed by atoms with Gasteiger partial charge in [-0.15, -0.1) is 5.10 Å². The molecule has 0 aliphatic heterocycles. The zero-order valence-corrected chi connectivity index (χ0v) is 10.6. The van der Waals surface area contributed by atoms with Gasteiger partial charge in [0.1, 0.15) is 11.5 Å². The third-order valence-electron chi connectivity index (χ3n) is 2.58. The van der Waals surface area contributed by atoms with Gasteiger partial charge in [-0.1, -0.05) is 16.8 Å². The fourth-order valence-electron chi connectivity index (χ4n) is 1.64. The van der Waals surface area contributed by atoms with Crippen molar-refractivity contribution in [3.63, 3.8) is 0 Å². The number of hydrogen-bond acceptors (Lipinski definition) is 3. The predicted octanol–water partition coefficient (Wildman–Crippen LogP) is 2.34. The highest BCUT2D eigenvalue weighted by Gasteiger charge is 2.08. The van der Waals surface area contributed by atoms with Crippen molar-refractivity contribution in [3.05, 3.63) is 40.9 Å². The van der Waals surface area contributed by atoms with Crippen molar-refractivity contribution in [2.24, 2.45) is 5.73 Å². The maximum absolute atomic E-state index is 13.6. The highest BCUT2D eigenvalue weighted by atomic mass is 35.5. The third-order valence-corrected chi connectivity index (χ3v) is 2.82. The number of nitrogens with two attached hydrogens (primary N) is 1. The van der Waals surface area contributed by atoms with E-state index in [0.29, 0.717) is 17.3 Å². The van der Waals surface area contributed by atoms with E-state index in [-0.39, 0.29) is 5.82 Å². The van der Waals surface area contributed by atoms with E-state index in [1.54, 1.807) is 6.20 Å². The summed E-state index contributed by atoms with van der Waals surface area (Å²) >= 11 is 5.83. The molecule has 2 N–H and O–H groups in total. The van der Waals surface area contributed by atoms with Gasteiger partial charge in [0.15, 0.2) is 0 Å². The van der Waals surface area contributed by atoms with E-state index in [9.17, 15) is 4.39 Å². The molecule has 0 spiro atoms. The Bertz CT molecular complexity index is 527. The average molecular weight is 269 g/mol. The van der Waals surface area contributed by atoms with E-state index in [0.717, 1.165) is 25.0 Å². The lowest BCUT2D eigenvalue weighted by molar-refractivity contribution is 0.607. The zero-order chi connectivity index (χ0) is 13.0. The number of benzene rings is 1. The van der Waals surface area contributed by atoms with E-state index in [4.69, 9.17) is 17.3 Å². The molecule has 18 heavy (non-hydrogen) atoms. The number of aryl methyl sites for hydroxylation is 1. The van der Waals surface area contributed by atoms with E-state index < -0.39 is 0 Å². The molecule has 2 aromatic rings. The first-order valence-corrected chi connectivity index (χ1v) is 6.15. The first-order valence-electron chi connectivity index (χ1n) is 5.77. The van der Waals surface area contributed by atoms with Crippen LogP contribution in [0.25, 0.3) is 5.69 Å². The molecule has 96 valence electrons. The zero-order valence-electron chi connectivity index (χ0n) is 9.81. The molecule has 0 unspecified atom stereocenters. The van der Waals surface area contributed by atoms with Crippen molar-refractivity contribution in [3.8, 4) is 5.69 Å². The van der Waals surface area contributed by atoms with Gasteiger partial charge in [0, 0.05) is 5.02 Å². The molecule has 0 aliphatic carbocycles. The van der Waals surface area contributed by atoms with Crippen molar-refractivity contribution in [2.75, 3.05) is 6.54 Å². The predicted molar refractivity (Wildman–Crippen MR) is 68.3 cm³/mol. The molecule has 1 aromatic carbocycles. The van der Waals surface area contributed by atoms with Gasteiger partial charge in [0.25, 0.3) is 0 Å². The smallest absolute Gasteiger partial charge is 0.149 e. The standard InChI is InChI=1S/C12H14ClFN4/c13-9-4-5-11(14)12(7-9)18-8-10(16-17-18)3-1-2-6-15/h4-5,7-8H,1-3,6,15H2. The second-order valence-electron chi connectivity index (χ2n) is 4.00. The SMILES string of the molecule is NCCCCc1cn(-c2cc(Cl)ccc2F)nn1. The van der Waals surface area contributed by atoms with Crippen LogP contribution < -0.4 is 5.73 Å². The fraction of sp³-hybridized carbons (Fsp3) is 0.333. The number of halogens is 2. The summed E-state index contributed by atoms with van der Waals surface area (Å²) in [6, 6.07) is 4.34. The minimum Gasteiger partial charge on any atom is -0.330 e. The minimum atomic E-state index is -0.377. The summed E-state index contributed by atoms with van der Waals surface area (Å²) in [6.45, 7) is 0.664. The Hall–Kier alpha value is -1.46. The molecule has 0 atom stereocenters. The number of rotatable bonds is 5. The number of hydrogen-bond donors (Lipinski definition) is 1. The maximum Gasteiger partial charge on any atom is 0.149 e. The first kappa shape index (κ1) is 13.0. The van der Waals surface area contributed by atoms with Crippen molar-refractivity contribution in [1.29, 1.82) is 0 Å². The molecule has 0 amide bonds. The molecule has 1 aromatic heterocycles.